The SMILES string of the molecule is COc1cc(CN2CCC(F)(F)CC2)cc(C(F)(F)F)c1C(C)C. The van der Waals surface area contributed by atoms with Gasteiger partial charge in [-0.3, -0.25) is 4.90 Å². The van der Waals surface area contributed by atoms with Gasteiger partial charge in [0.2, 0.25) is 0 Å². The highest BCUT2D eigenvalue weighted by Crippen LogP contribution is 2.41. The normalized spacial score (nSPS) is 18.9. The molecule has 0 bridgehead atoms. The topological polar surface area (TPSA) is 12.5 Å². The van der Waals surface area contributed by atoms with Crippen LogP contribution in [0.5, 0.6) is 5.75 Å². The number of halogens is 5. The quantitative estimate of drug-likeness (QED) is 0.703. The van der Waals surface area contributed by atoms with Crippen molar-refractivity contribution in [3.05, 3.63) is 28.8 Å². The van der Waals surface area contributed by atoms with E-state index in [1.54, 1.807) is 24.8 Å². The molecule has 1 aliphatic rings. The molecule has 136 valence electrons. The molecule has 1 aromatic rings. The molecule has 1 saturated heterocycles. The molecule has 2 rings (SSSR count). The highest BCUT2D eigenvalue weighted by atomic mass is 19.4. The van der Waals surface area contributed by atoms with Crippen LogP contribution >= 0.6 is 0 Å². The third kappa shape index (κ3) is 4.37. The van der Waals surface area contributed by atoms with E-state index >= 15 is 0 Å². The molecule has 0 spiro atoms. The molecule has 0 aliphatic carbocycles. The average Bonchev–Trinajstić information content (AvgIpc) is 2.47. The van der Waals surface area contributed by atoms with Gasteiger partial charge < -0.3 is 4.74 Å². The number of hydrogen-bond donors (Lipinski definition) is 0. The first-order valence-electron chi connectivity index (χ1n) is 7.91. The molecule has 0 amide bonds. The van der Waals surface area contributed by atoms with Gasteiger partial charge in [0, 0.05) is 38.0 Å². The van der Waals surface area contributed by atoms with Crippen LogP contribution in [-0.2, 0) is 12.7 Å². The fourth-order valence-corrected chi connectivity index (χ4v) is 3.07. The Kier molecular flexibility index (Phi) is 5.42. The Bertz CT molecular complexity index is 573. The Morgan fingerprint density at radius 2 is 1.75 bits per heavy atom. The van der Waals surface area contributed by atoms with Gasteiger partial charge in [-0.2, -0.15) is 13.2 Å². The Balaban J connectivity index is 2.31. The molecule has 2 nitrogen and oxygen atoms in total. The summed E-state index contributed by atoms with van der Waals surface area (Å²) in [5, 5.41) is 0. The summed E-state index contributed by atoms with van der Waals surface area (Å²) >= 11 is 0. The molecule has 1 heterocycles. The van der Waals surface area contributed by atoms with Crippen molar-refractivity contribution < 1.29 is 26.7 Å². The highest BCUT2D eigenvalue weighted by Gasteiger charge is 2.37. The lowest BCUT2D eigenvalue weighted by atomic mass is 9.93. The van der Waals surface area contributed by atoms with Crippen LogP contribution in [0.2, 0.25) is 0 Å². The Morgan fingerprint density at radius 1 is 1.17 bits per heavy atom. The summed E-state index contributed by atoms with van der Waals surface area (Å²) in [6, 6.07) is 2.70. The molecule has 24 heavy (non-hydrogen) atoms. The minimum absolute atomic E-state index is 0.124. The molecule has 0 unspecified atom stereocenters. The number of likely N-dealkylation sites (tertiary alicyclic amines) is 1. The van der Waals surface area contributed by atoms with Crippen molar-refractivity contribution in [2.45, 2.75) is 51.3 Å². The number of nitrogens with zero attached hydrogens (tertiary/aromatic N) is 1. The predicted octanol–water partition coefficient (Wildman–Crippen LogP) is 5.07. The lowest BCUT2D eigenvalue weighted by molar-refractivity contribution is -0.138. The van der Waals surface area contributed by atoms with Gasteiger partial charge in [0.25, 0.3) is 5.92 Å². The van der Waals surface area contributed by atoms with E-state index in [1.807, 2.05) is 0 Å². The molecular weight excluding hydrogens is 329 g/mol. The zero-order chi connectivity index (χ0) is 18.1. The first-order chi connectivity index (χ1) is 11.0. The number of rotatable bonds is 4. The molecule has 0 aromatic heterocycles. The third-order valence-electron chi connectivity index (χ3n) is 4.30. The summed E-state index contributed by atoms with van der Waals surface area (Å²) in [5.74, 6) is -2.83. The van der Waals surface area contributed by atoms with Crippen molar-refractivity contribution in [3.63, 3.8) is 0 Å². The number of alkyl halides is 5. The van der Waals surface area contributed by atoms with Crippen molar-refractivity contribution >= 4 is 0 Å². The second kappa shape index (κ2) is 6.86. The minimum atomic E-state index is -4.49. The van der Waals surface area contributed by atoms with Gasteiger partial charge in [0.15, 0.2) is 0 Å². The van der Waals surface area contributed by atoms with Crippen LogP contribution in [0.1, 0.15) is 49.3 Å². The molecule has 1 fully saturated rings. The number of ether oxygens (including phenoxy) is 1. The van der Waals surface area contributed by atoms with E-state index in [4.69, 9.17) is 4.74 Å². The fourth-order valence-electron chi connectivity index (χ4n) is 3.07. The van der Waals surface area contributed by atoms with Crippen LogP contribution in [-0.4, -0.2) is 31.0 Å². The highest BCUT2D eigenvalue weighted by molar-refractivity contribution is 5.47. The van der Waals surface area contributed by atoms with E-state index in [0.717, 1.165) is 6.07 Å². The van der Waals surface area contributed by atoms with E-state index in [2.05, 4.69) is 0 Å². The van der Waals surface area contributed by atoms with E-state index in [0.29, 0.717) is 5.56 Å². The zero-order valence-corrected chi connectivity index (χ0v) is 14.0. The monoisotopic (exact) mass is 351 g/mol. The van der Waals surface area contributed by atoms with Gasteiger partial charge in [0.05, 0.1) is 12.7 Å². The second-order valence-electron chi connectivity index (χ2n) is 6.54. The summed E-state index contributed by atoms with van der Waals surface area (Å²) in [6.45, 7) is 3.90. The maximum atomic E-state index is 13.4. The van der Waals surface area contributed by atoms with E-state index in [1.165, 1.54) is 7.11 Å². The van der Waals surface area contributed by atoms with Crippen LogP contribution in [0, 0.1) is 0 Å². The smallest absolute Gasteiger partial charge is 0.416 e. The fraction of sp³-hybridized carbons (Fsp3) is 0.647. The van der Waals surface area contributed by atoms with Gasteiger partial charge in [-0.05, 0) is 23.6 Å². The number of hydrogen-bond acceptors (Lipinski definition) is 2. The number of methoxy groups -OCH3 is 1. The van der Waals surface area contributed by atoms with E-state index in [9.17, 15) is 22.0 Å². The standard InChI is InChI=1S/C17H22F5NO/c1-11(2)15-13(17(20,21)22)8-12(9-14(15)24-3)10-23-6-4-16(18,19)5-7-23/h8-9,11H,4-7,10H2,1-3H3. The van der Waals surface area contributed by atoms with Gasteiger partial charge in [-0.15, -0.1) is 0 Å². The van der Waals surface area contributed by atoms with Crippen LogP contribution in [0.15, 0.2) is 12.1 Å². The summed E-state index contributed by atoms with van der Waals surface area (Å²) in [5.41, 5.74) is -0.165. The molecule has 0 radical (unpaired) electrons. The van der Waals surface area contributed by atoms with Crippen molar-refractivity contribution in [1.82, 2.24) is 4.90 Å². The minimum Gasteiger partial charge on any atom is -0.496 e. The third-order valence-corrected chi connectivity index (χ3v) is 4.30. The summed E-state index contributed by atoms with van der Waals surface area (Å²) in [7, 11) is 1.34. The number of piperidine rings is 1. The Labute approximate surface area is 138 Å². The van der Waals surface area contributed by atoms with E-state index < -0.39 is 17.7 Å². The summed E-state index contributed by atoms with van der Waals surface area (Å²) < 4.78 is 71.8. The van der Waals surface area contributed by atoms with Gasteiger partial charge in [-0.25, -0.2) is 8.78 Å². The predicted molar refractivity (Wildman–Crippen MR) is 81.5 cm³/mol. The lowest BCUT2D eigenvalue weighted by Gasteiger charge is -2.32. The van der Waals surface area contributed by atoms with Crippen molar-refractivity contribution in [1.29, 1.82) is 0 Å². The van der Waals surface area contributed by atoms with Crippen molar-refractivity contribution in [2.24, 2.45) is 0 Å². The second-order valence-corrected chi connectivity index (χ2v) is 6.54. The van der Waals surface area contributed by atoms with Gasteiger partial charge >= 0.3 is 6.18 Å². The Morgan fingerprint density at radius 3 is 2.21 bits per heavy atom. The lowest BCUT2D eigenvalue weighted by Crippen LogP contribution is -2.38. The molecule has 1 aliphatic heterocycles. The summed E-state index contributed by atoms with van der Waals surface area (Å²) in [6.07, 6.45) is -5.02. The summed E-state index contributed by atoms with van der Waals surface area (Å²) in [4.78, 5) is 1.75. The molecule has 0 atom stereocenters. The zero-order valence-electron chi connectivity index (χ0n) is 14.0. The van der Waals surface area contributed by atoms with Gasteiger partial charge in [0.1, 0.15) is 5.75 Å². The molecule has 7 heteroatoms. The first-order valence-corrected chi connectivity index (χ1v) is 7.91. The molecule has 1 aromatic carbocycles. The molecular formula is C17H22F5NO. The average molecular weight is 351 g/mol. The van der Waals surface area contributed by atoms with Crippen LogP contribution in [0.4, 0.5) is 22.0 Å². The van der Waals surface area contributed by atoms with Crippen LogP contribution in [0.25, 0.3) is 0 Å². The first kappa shape index (κ1) is 19.0. The maximum absolute atomic E-state index is 13.4. The largest absolute Gasteiger partial charge is 0.496 e. The Hall–Kier alpha value is -1.37. The van der Waals surface area contributed by atoms with Crippen molar-refractivity contribution in [2.75, 3.05) is 20.2 Å². The van der Waals surface area contributed by atoms with Crippen LogP contribution < -0.4 is 4.74 Å². The maximum Gasteiger partial charge on any atom is 0.416 e. The number of benzene rings is 1. The van der Waals surface area contributed by atoms with Crippen LogP contribution in [0.3, 0.4) is 0 Å². The van der Waals surface area contributed by atoms with Crippen molar-refractivity contribution in [3.8, 4) is 5.75 Å². The van der Waals surface area contributed by atoms with Gasteiger partial charge in [-0.1, -0.05) is 13.8 Å². The molecule has 0 saturated carbocycles. The van der Waals surface area contributed by atoms with E-state index in [-0.39, 0.29) is 49.7 Å². The molecule has 0 N–H and O–H groups in total.